The Morgan fingerprint density at radius 2 is 2.00 bits per heavy atom. The molecule has 3 N–H and O–H groups in total. The Morgan fingerprint density at radius 3 is 2.65 bits per heavy atom. The topological polar surface area (TPSA) is 113 Å². The van der Waals surface area contributed by atoms with Gasteiger partial charge in [-0.15, -0.1) is 10.2 Å². The molecule has 3 aromatic rings. The van der Waals surface area contributed by atoms with Gasteiger partial charge in [-0.25, -0.2) is 9.78 Å². The van der Waals surface area contributed by atoms with Crippen LogP contribution in [0, 0.1) is 6.92 Å². The Balaban J connectivity index is 1.70. The predicted octanol–water partition coefficient (Wildman–Crippen LogP) is 3.98. The van der Waals surface area contributed by atoms with Crippen molar-refractivity contribution in [3.05, 3.63) is 24.0 Å². The molecule has 0 spiro atoms. The number of hydrogen-bond donors (Lipinski definition) is 2. The van der Waals surface area contributed by atoms with Crippen molar-refractivity contribution in [2.45, 2.75) is 65.5 Å². The first kappa shape index (κ1) is 22.6. The van der Waals surface area contributed by atoms with Crippen LogP contribution in [-0.2, 0) is 11.8 Å². The molecule has 2 heterocycles. The van der Waals surface area contributed by atoms with E-state index in [2.05, 4.69) is 32.0 Å². The maximum Gasteiger partial charge on any atom is 0.407 e. The summed E-state index contributed by atoms with van der Waals surface area (Å²) in [5.74, 6) is 2.12. The minimum Gasteiger partial charge on any atom is -0.444 e. The highest BCUT2D eigenvalue weighted by atomic mass is 16.6. The molecule has 3 rings (SSSR count). The number of para-hydroxylation sites is 1. The molecule has 2 aromatic heterocycles. The van der Waals surface area contributed by atoms with Gasteiger partial charge in [-0.05, 0) is 66.0 Å². The molecule has 1 atom stereocenters. The Labute approximate surface area is 183 Å². The third-order valence-electron chi connectivity index (χ3n) is 5.23. The number of anilines is 1. The van der Waals surface area contributed by atoms with E-state index in [1.807, 2.05) is 57.5 Å². The summed E-state index contributed by atoms with van der Waals surface area (Å²) in [5, 5.41) is 11.4. The average Bonchev–Trinajstić information content (AvgIpc) is 3.18. The monoisotopic (exact) mass is 427 g/mol. The van der Waals surface area contributed by atoms with Crippen LogP contribution in [0.1, 0.15) is 58.8 Å². The first-order chi connectivity index (χ1) is 14.6. The number of carbonyl (C=O) groups excluding carboxylic acids is 1. The lowest BCUT2D eigenvalue weighted by Crippen LogP contribution is -2.33. The van der Waals surface area contributed by atoms with Gasteiger partial charge < -0.3 is 24.9 Å². The number of rotatable bonds is 7. The van der Waals surface area contributed by atoms with Gasteiger partial charge in [0.15, 0.2) is 5.82 Å². The molecular formula is C22H33N7O2. The molecule has 0 aliphatic heterocycles. The van der Waals surface area contributed by atoms with Gasteiger partial charge in [-0.1, -0.05) is 6.07 Å². The Hall–Kier alpha value is -3.10. The van der Waals surface area contributed by atoms with E-state index in [1.165, 1.54) is 0 Å². The molecular weight excluding hydrogens is 394 g/mol. The van der Waals surface area contributed by atoms with Gasteiger partial charge in [0, 0.05) is 25.2 Å². The molecule has 0 fully saturated rings. The number of imidazole rings is 1. The van der Waals surface area contributed by atoms with Crippen molar-refractivity contribution < 1.29 is 9.53 Å². The number of aryl methyl sites for hydroxylation is 1. The smallest absolute Gasteiger partial charge is 0.407 e. The van der Waals surface area contributed by atoms with E-state index >= 15 is 0 Å². The lowest BCUT2D eigenvalue weighted by molar-refractivity contribution is 0.0527. The zero-order chi connectivity index (χ0) is 22.8. The van der Waals surface area contributed by atoms with Crippen LogP contribution in [0.3, 0.4) is 0 Å². The number of nitrogens with two attached hydrogens (primary N) is 1. The molecule has 0 bridgehead atoms. The Morgan fingerprint density at radius 1 is 1.26 bits per heavy atom. The highest BCUT2D eigenvalue weighted by Gasteiger charge is 2.20. The van der Waals surface area contributed by atoms with Crippen LogP contribution in [-0.4, -0.2) is 42.6 Å². The van der Waals surface area contributed by atoms with E-state index in [0.29, 0.717) is 12.5 Å². The molecule has 0 saturated heterocycles. The molecule has 0 aliphatic carbocycles. The highest BCUT2D eigenvalue weighted by molar-refractivity contribution is 5.92. The predicted molar refractivity (Wildman–Crippen MR) is 122 cm³/mol. The molecule has 0 unspecified atom stereocenters. The van der Waals surface area contributed by atoms with E-state index in [4.69, 9.17) is 10.5 Å². The molecule has 0 saturated carbocycles. The van der Waals surface area contributed by atoms with Gasteiger partial charge in [0.25, 0.3) is 0 Å². The van der Waals surface area contributed by atoms with Crippen molar-refractivity contribution in [3.8, 4) is 11.4 Å². The molecule has 1 amide bonds. The summed E-state index contributed by atoms with van der Waals surface area (Å²) in [6, 6.07) is 6.10. The second-order valence-electron chi connectivity index (χ2n) is 8.92. The van der Waals surface area contributed by atoms with Crippen LogP contribution >= 0.6 is 0 Å². The van der Waals surface area contributed by atoms with Crippen LogP contribution in [0.25, 0.3) is 22.4 Å². The minimum absolute atomic E-state index is 0.141. The number of nitrogen functional groups attached to an aromatic ring is 1. The third kappa shape index (κ3) is 5.15. The summed E-state index contributed by atoms with van der Waals surface area (Å²) < 4.78 is 9.31. The lowest BCUT2D eigenvalue weighted by atomic mass is 10.1. The van der Waals surface area contributed by atoms with Crippen molar-refractivity contribution in [2.75, 3.05) is 12.3 Å². The number of nitrogens with zero attached hydrogens (tertiary/aromatic N) is 5. The lowest BCUT2D eigenvalue weighted by Gasteiger charge is -2.20. The molecule has 9 nitrogen and oxygen atoms in total. The molecule has 31 heavy (non-hydrogen) atoms. The Kier molecular flexibility index (Phi) is 6.52. The number of benzene rings is 1. The van der Waals surface area contributed by atoms with Crippen LogP contribution in [0.2, 0.25) is 0 Å². The van der Waals surface area contributed by atoms with Gasteiger partial charge >= 0.3 is 6.09 Å². The maximum atomic E-state index is 11.8. The summed E-state index contributed by atoms with van der Waals surface area (Å²) in [6.07, 6.45) is 2.30. The van der Waals surface area contributed by atoms with Gasteiger partial charge in [-0.3, -0.25) is 0 Å². The van der Waals surface area contributed by atoms with Crippen LogP contribution in [0.15, 0.2) is 18.2 Å². The first-order valence-electron chi connectivity index (χ1n) is 10.7. The largest absolute Gasteiger partial charge is 0.444 e. The second-order valence-corrected chi connectivity index (χ2v) is 8.92. The molecule has 9 heteroatoms. The first-order valence-corrected chi connectivity index (χ1v) is 10.7. The number of ether oxygens (including phenoxy) is 1. The number of unbranched alkanes of at least 4 members (excludes halogenated alkanes) is 1. The standard InChI is InChI=1S/C22H33N7O2/c1-14(10-7-8-13-24-21(30)31-22(3,4)5)29-18-16(19-27-26-15(2)28(19)6)11-9-12-17(18)25-20(29)23/h9,11-12,14H,7-8,10,13H2,1-6H3,(H2,23,25)(H,24,30)/t14-/m1/s1. The number of fused-ring (bicyclic) bond motifs is 1. The van der Waals surface area contributed by atoms with Crippen molar-refractivity contribution in [1.82, 2.24) is 29.6 Å². The van der Waals surface area contributed by atoms with Crippen LogP contribution in [0.4, 0.5) is 10.7 Å². The number of carbonyl (C=O) groups is 1. The molecule has 168 valence electrons. The van der Waals surface area contributed by atoms with E-state index in [0.717, 1.165) is 47.5 Å². The zero-order valence-corrected chi connectivity index (χ0v) is 19.3. The fraction of sp³-hybridized carbons (Fsp3) is 0.545. The van der Waals surface area contributed by atoms with Crippen molar-refractivity contribution in [2.24, 2.45) is 7.05 Å². The fourth-order valence-corrected chi connectivity index (χ4v) is 3.63. The second kappa shape index (κ2) is 8.95. The summed E-state index contributed by atoms with van der Waals surface area (Å²) in [7, 11) is 1.95. The van der Waals surface area contributed by atoms with Crippen LogP contribution in [0.5, 0.6) is 0 Å². The molecule has 0 aliphatic rings. The van der Waals surface area contributed by atoms with Crippen molar-refractivity contribution in [3.63, 3.8) is 0 Å². The third-order valence-corrected chi connectivity index (χ3v) is 5.23. The normalized spacial score (nSPS) is 12.8. The van der Waals surface area contributed by atoms with E-state index in [1.54, 1.807) is 0 Å². The van der Waals surface area contributed by atoms with E-state index in [9.17, 15) is 4.79 Å². The molecule has 1 aromatic carbocycles. The van der Waals surface area contributed by atoms with E-state index < -0.39 is 5.60 Å². The fourth-order valence-electron chi connectivity index (χ4n) is 3.63. The average molecular weight is 428 g/mol. The zero-order valence-electron chi connectivity index (χ0n) is 19.3. The van der Waals surface area contributed by atoms with Gasteiger partial charge in [0.05, 0.1) is 11.0 Å². The number of amides is 1. The summed E-state index contributed by atoms with van der Waals surface area (Å²) in [4.78, 5) is 16.3. The van der Waals surface area contributed by atoms with Crippen LogP contribution < -0.4 is 11.1 Å². The summed E-state index contributed by atoms with van der Waals surface area (Å²) in [6.45, 7) is 10.2. The SMILES string of the molecule is Cc1nnc(-c2cccc3nc(N)n([C@H](C)CCCCNC(=O)OC(C)(C)C)c23)n1C. The van der Waals surface area contributed by atoms with Crippen molar-refractivity contribution >= 4 is 23.1 Å². The number of hydrogen-bond acceptors (Lipinski definition) is 6. The van der Waals surface area contributed by atoms with Gasteiger partial charge in [0.2, 0.25) is 5.95 Å². The number of aromatic nitrogens is 5. The number of nitrogens with one attached hydrogen (secondary N) is 1. The quantitative estimate of drug-likeness (QED) is 0.552. The maximum absolute atomic E-state index is 11.8. The highest BCUT2D eigenvalue weighted by Crippen LogP contribution is 2.33. The molecule has 0 radical (unpaired) electrons. The minimum atomic E-state index is -0.489. The van der Waals surface area contributed by atoms with E-state index in [-0.39, 0.29) is 12.1 Å². The summed E-state index contributed by atoms with van der Waals surface area (Å²) >= 11 is 0. The van der Waals surface area contributed by atoms with Gasteiger partial charge in [0.1, 0.15) is 11.4 Å². The summed E-state index contributed by atoms with van der Waals surface area (Å²) in [5.41, 5.74) is 8.59. The van der Waals surface area contributed by atoms with Crippen molar-refractivity contribution in [1.29, 1.82) is 0 Å². The Bertz CT molecular complexity index is 1060. The van der Waals surface area contributed by atoms with Gasteiger partial charge in [-0.2, -0.15) is 0 Å². The number of alkyl carbamates (subject to hydrolysis) is 1.